The first-order valence-electron chi connectivity index (χ1n) is 7.62. The Kier molecular flexibility index (Phi) is 4.37. The number of aryl methyl sites for hydroxylation is 2. The highest BCUT2D eigenvalue weighted by Gasteiger charge is 2.32. The summed E-state index contributed by atoms with van der Waals surface area (Å²) in [5.74, 6) is 1.14. The minimum atomic E-state index is -3.66. The van der Waals surface area contributed by atoms with Crippen LogP contribution in [0.3, 0.4) is 0 Å². The van der Waals surface area contributed by atoms with Crippen LogP contribution in [0.25, 0.3) is 0 Å². The zero-order chi connectivity index (χ0) is 17.6. The molecule has 5 heteroatoms. The molecule has 0 aliphatic heterocycles. The highest BCUT2D eigenvalue weighted by Crippen LogP contribution is 2.39. The normalized spacial score (nSPS) is 12.5. The van der Waals surface area contributed by atoms with E-state index in [2.05, 4.69) is 20.8 Å². The van der Waals surface area contributed by atoms with Gasteiger partial charge in [0, 0.05) is 12.6 Å². The second kappa shape index (κ2) is 5.71. The molecule has 23 heavy (non-hydrogen) atoms. The molecule has 1 heterocycles. The van der Waals surface area contributed by atoms with Crippen LogP contribution in [0.15, 0.2) is 33.6 Å². The van der Waals surface area contributed by atoms with Gasteiger partial charge in [0.1, 0.15) is 5.76 Å². The molecule has 2 aromatic rings. The number of anilines is 1. The molecule has 1 aromatic heterocycles. The standard InChI is InChI=1S/C18H25NO3S/c1-12-8-10-15(11-9-12)23(20,21)19(7)17-16(18(4,5)6)13(2)14(3)22-17/h8-11H,1-7H3. The monoisotopic (exact) mass is 335 g/mol. The SMILES string of the molecule is Cc1ccc(S(=O)(=O)N(C)c2oc(C)c(C)c2C(C)(C)C)cc1. The molecule has 0 radical (unpaired) electrons. The lowest BCUT2D eigenvalue weighted by atomic mass is 9.85. The largest absolute Gasteiger partial charge is 0.444 e. The molecular formula is C18H25NO3S. The van der Waals surface area contributed by atoms with Crippen LogP contribution in [0.4, 0.5) is 5.88 Å². The van der Waals surface area contributed by atoms with Crippen LogP contribution in [-0.2, 0) is 15.4 Å². The Morgan fingerprint density at radius 1 is 1.00 bits per heavy atom. The van der Waals surface area contributed by atoms with Crippen molar-refractivity contribution in [3.05, 3.63) is 46.7 Å². The van der Waals surface area contributed by atoms with Gasteiger partial charge in [-0.15, -0.1) is 0 Å². The average Bonchev–Trinajstić information content (AvgIpc) is 2.74. The molecule has 0 bridgehead atoms. The number of hydrogen-bond donors (Lipinski definition) is 0. The van der Waals surface area contributed by atoms with Crippen LogP contribution in [0.5, 0.6) is 0 Å². The molecule has 0 saturated heterocycles. The van der Waals surface area contributed by atoms with Crippen LogP contribution < -0.4 is 4.31 Å². The summed E-state index contributed by atoms with van der Waals surface area (Å²) in [4.78, 5) is 0.261. The molecule has 0 amide bonds. The van der Waals surface area contributed by atoms with E-state index in [0.29, 0.717) is 5.88 Å². The van der Waals surface area contributed by atoms with Gasteiger partial charge in [-0.2, -0.15) is 0 Å². The van der Waals surface area contributed by atoms with Crippen molar-refractivity contribution in [2.24, 2.45) is 0 Å². The quantitative estimate of drug-likeness (QED) is 0.839. The fourth-order valence-corrected chi connectivity index (χ4v) is 3.83. The zero-order valence-electron chi connectivity index (χ0n) is 14.9. The molecule has 0 spiro atoms. The van der Waals surface area contributed by atoms with E-state index in [0.717, 1.165) is 22.5 Å². The molecule has 0 saturated carbocycles. The smallest absolute Gasteiger partial charge is 0.266 e. The Hall–Kier alpha value is -1.75. The van der Waals surface area contributed by atoms with Gasteiger partial charge in [-0.05, 0) is 43.9 Å². The third-order valence-corrected chi connectivity index (χ3v) is 5.84. The molecule has 2 rings (SSSR count). The first-order valence-corrected chi connectivity index (χ1v) is 9.06. The second-order valence-corrected chi connectivity index (χ2v) is 8.97. The summed E-state index contributed by atoms with van der Waals surface area (Å²) in [7, 11) is -2.11. The maximum Gasteiger partial charge on any atom is 0.266 e. The summed E-state index contributed by atoms with van der Waals surface area (Å²) in [6.07, 6.45) is 0. The van der Waals surface area contributed by atoms with Crippen molar-refractivity contribution in [3.63, 3.8) is 0 Å². The van der Waals surface area contributed by atoms with Gasteiger partial charge in [0.2, 0.25) is 5.88 Å². The van der Waals surface area contributed by atoms with E-state index in [4.69, 9.17) is 4.42 Å². The van der Waals surface area contributed by atoms with E-state index in [9.17, 15) is 8.42 Å². The van der Waals surface area contributed by atoms with Crippen molar-refractivity contribution in [1.82, 2.24) is 0 Å². The maximum absolute atomic E-state index is 12.9. The Balaban J connectivity index is 2.59. The summed E-state index contributed by atoms with van der Waals surface area (Å²) >= 11 is 0. The van der Waals surface area contributed by atoms with E-state index in [1.807, 2.05) is 20.8 Å². The second-order valence-electron chi connectivity index (χ2n) is 7.00. The summed E-state index contributed by atoms with van der Waals surface area (Å²) in [5.41, 5.74) is 2.73. The first kappa shape index (κ1) is 17.6. The Labute approximate surface area is 139 Å². The summed E-state index contributed by atoms with van der Waals surface area (Å²) in [6.45, 7) is 11.9. The molecule has 4 nitrogen and oxygen atoms in total. The maximum atomic E-state index is 12.9. The lowest BCUT2D eigenvalue weighted by Gasteiger charge is -2.24. The minimum Gasteiger partial charge on any atom is -0.444 e. The number of hydrogen-bond acceptors (Lipinski definition) is 3. The van der Waals surface area contributed by atoms with Crippen LogP contribution in [-0.4, -0.2) is 15.5 Å². The van der Waals surface area contributed by atoms with Crippen molar-refractivity contribution in [2.75, 3.05) is 11.4 Å². The summed E-state index contributed by atoms with van der Waals surface area (Å²) in [5, 5.41) is 0. The molecular weight excluding hydrogens is 310 g/mol. The Morgan fingerprint density at radius 3 is 2.00 bits per heavy atom. The van der Waals surface area contributed by atoms with Crippen LogP contribution in [0, 0.1) is 20.8 Å². The average molecular weight is 335 g/mol. The van der Waals surface area contributed by atoms with Gasteiger partial charge in [0.25, 0.3) is 10.0 Å². The summed E-state index contributed by atoms with van der Waals surface area (Å²) in [6, 6.07) is 6.84. The minimum absolute atomic E-state index is 0.214. The highest BCUT2D eigenvalue weighted by molar-refractivity contribution is 7.92. The number of furan rings is 1. The predicted octanol–water partition coefficient (Wildman–Crippen LogP) is 4.33. The third-order valence-electron chi connectivity index (χ3n) is 4.08. The fourth-order valence-electron chi connectivity index (χ4n) is 2.69. The number of benzene rings is 1. The van der Waals surface area contributed by atoms with Crippen molar-refractivity contribution in [1.29, 1.82) is 0 Å². The van der Waals surface area contributed by atoms with E-state index in [1.54, 1.807) is 31.3 Å². The topological polar surface area (TPSA) is 50.5 Å². The highest BCUT2D eigenvalue weighted by atomic mass is 32.2. The van der Waals surface area contributed by atoms with E-state index < -0.39 is 10.0 Å². The number of sulfonamides is 1. The van der Waals surface area contributed by atoms with Gasteiger partial charge >= 0.3 is 0 Å². The number of nitrogens with zero attached hydrogens (tertiary/aromatic N) is 1. The zero-order valence-corrected chi connectivity index (χ0v) is 15.7. The Morgan fingerprint density at radius 2 is 1.52 bits per heavy atom. The molecule has 0 N–H and O–H groups in total. The molecule has 0 fully saturated rings. The van der Waals surface area contributed by atoms with Gasteiger partial charge in [0.05, 0.1) is 4.90 Å². The summed E-state index contributed by atoms with van der Waals surface area (Å²) < 4.78 is 32.9. The van der Waals surface area contributed by atoms with Crippen molar-refractivity contribution >= 4 is 15.9 Å². The molecule has 126 valence electrons. The lowest BCUT2D eigenvalue weighted by Crippen LogP contribution is -2.28. The molecule has 0 aliphatic carbocycles. The molecule has 0 atom stereocenters. The number of rotatable bonds is 3. The molecule has 1 aromatic carbocycles. The molecule has 0 aliphatic rings. The van der Waals surface area contributed by atoms with Crippen molar-refractivity contribution in [2.45, 2.75) is 51.9 Å². The van der Waals surface area contributed by atoms with Gasteiger partial charge in [-0.1, -0.05) is 38.5 Å². The van der Waals surface area contributed by atoms with Crippen molar-refractivity contribution < 1.29 is 12.8 Å². The molecule has 0 unspecified atom stereocenters. The fraction of sp³-hybridized carbons (Fsp3) is 0.444. The van der Waals surface area contributed by atoms with Crippen LogP contribution >= 0.6 is 0 Å². The van der Waals surface area contributed by atoms with Gasteiger partial charge in [-0.3, -0.25) is 0 Å². The van der Waals surface area contributed by atoms with Crippen LogP contribution in [0.1, 0.15) is 43.2 Å². The van der Waals surface area contributed by atoms with E-state index in [1.165, 1.54) is 4.31 Å². The lowest BCUT2D eigenvalue weighted by molar-refractivity contribution is 0.518. The Bertz CT molecular complexity index is 809. The van der Waals surface area contributed by atoms with Crippen LogP contribution in [0.2, 0.25) is 0 Å². The third kappa shape index (κ3) is 3.15. The predicted molar refractivity (Wildman–Crippen MR) is 93.6 cm³/mol. The van der Waals surface area contributed by atoms with E-state index in [-0.39, 0.29) is 10.3 Å². The van der Waals surface area contributed by atoms with Gasteiger partial charge in [-0.25, -0.2) is 12.7 Å². The van der Waals surface area contributed by atoms with Crippen molar-refractivity contribution in [3.8, 4) is 0 Å². The van der Waals surface area contributed by atoms with Gasteiger partial charge in [0.15, 0.2) is 0 Å². The van der Waals surface area contributed by atoms with E-state index >= 15 is 0 Å². The van der Waals surface area contributed by atoms with Gasteiger partial charge < -0.3 is 4.42 Å². The first-order chi connectivity index (χ1) is 10.5.